The number of rotatable bonds is 6. The molecule has 1 fully saturated rings. The summed E-state index contributed by atoms with van der Waals surface area (Å²) >= 11 is 0. The molecule has 1 aliphatic carbocycles. The average molecular weight is 297 g/mol. The van der Waals surface area contributed by atoms with E-state index in [1.165, 1.54) is 24.0 Å². The van der Waals surface area contributed by atoms with E-state index in [1.807, 2.05) is 6.92 Å². The first-order chi connectivity index (χ1) is 9.03. The van der Waals surface area contributed by atoms with E-state index in [1.54, 1.807) is 0 Å². The van der Waals surface area contributed by atoms with Crippen LogP contribution in [-0.2, 0) is 10.2 Å². The quantitative estimate of drug-likeness (QED) is 0.848. The normalized spacial score (nSPS) is 16.9. The Morgan fingerprint density at radius 2 is 2.05 bits per heavy atom. The van der Waals surface area contributed by atoms with Gasteiger partial charge in [0.1, 0.15) is 0 Å². The second-order valence-corrected chi connectivity index (χ2v) is 5.89. The molecular weight excluding hydrogens is 272 g/mol. The lowest BCUT2D eigenvalue weighted by molar-refractivity contribution is -0.121. The molecule has 1 saturated carbocycles. The van der Waals surface area contributed by atoms with E-state index in [-0.39, 0.29) is 29.8 Å². The van der Waals surface area contributed by atoms with Crippen molar-refractivity contribution in [2.45, 2.75) is 51.0 Å². The van der Waals surface area contributed by atoms with Gasteiger partial charge >= 0.3 is 0 Å². The zero-order valence-electron chi connectivity index (χ0n) is 12.3. The molecule has 1 amide bonds. The smallest absolute Gasteiger partial charge is 0.220 e. The van der Waals surface area contributed by atoms with Crippen molar-refractivity contribution in [3.8, 4) is 0 Å². The third-order valence-corrected chi connectivity index (χ3v) is 4.02. The first kappa shape index (κ1) is 17.0. The predicted octanol–water partition coefficient (Wildman–Crippen LogP) is 2.69. The first-order valence-electron chi connectivity index (χ1n) is 7.12. The van der Waals surface area contributed by atoms with E-state index in [0.29, 0.717) is 6.42 Å². The number of nitrogens with one attached hydrogen (secondary N) is 1. The monoisotopic (exact) mass is 296 g/mol. The zero-order valence-corrected chi connectivity index (χ0v) is 13.1. The van der Waals surface area contributed by atoms with Crippen LogP contribution in [0.3, 0.4) is 0 Å². The maximum Gasteiger partial charge on any atom is 0.220 e. The number of halogens is 1. The van der Waals surface area contributed by atoms with Gasteiger partial charge in [0.05, 0.1) is 0 Å². The summed E-state index contributed by atoms with van der Waals surface area (Å²) in [6.45, 7) is 4.84. The van der Waals surface area contributed by atoms with Gasteiger partial charge in [-0.05, 0) is 44.2 Å². The third-order valence-electron chi connectivity index (χ3n) is 4.02. The van der Waals surface area contributed by atoms with Crippen LogP contribution in [0.2, 0.25) is 0 Å². The van der Waals surface area contributed by atoms with Crippen LogP contribution in [0.4, 0.5) is 0 Å². The molecule has 0 radical (unpaired) electrons. The van der Waals surface area contributed by atoms with Gasteiger partial charge in [0.15, 0.2) is 0 Å². The summed E-state index contributed by atoms with van der Waals surface area (Å²) in [4.78, 5) is 11.8. The Balaban J connectivity index is 0.00000200. The molecule has 0 bridgehead atoms. The summed E-state index contributed by atoms with van der Waals surface area (Å²) in [7, 11) is 0. The Kier molecular flexibility index (Phi) is 6.03. The van der Waals surface area contributed by atoms with Crippen LogP contribution < -0.4 is 11.1 Å². The van der Waals surface area contributed by atoms with E-state index in [2.05, 4.69) is 36.5 Å². The van der Waals surface area contributed by atoms with Gasteiger partial charge in [0, 0.05) is 24.4 Å². The maximum absolute atomic E-state index is 11.8. The fourth-order valence-electron chi connectivity index (χ4n) is 2.58. The molecule has 0 aliphatic heterocycles. The van der Waals surface area contributed by atoms with Gasteiger partial charge in [-0.1, -0.05) is 24.3 Å². The van der Waals surface area contributed by atoms with Crippen LogP contribution in [-0.4, -0.2) is 18.5 Å². The topological polar surface area (TPSA) is 55.1 Å². The molecule has 3 nitrogen and oxygen atoms in total. The van der Waals surface area contributed by atoms with Gasteiger partial charge in [-0.15, -0.1) is 12.4 Å². The van der Waals surface area contributed by atoms with Crippen molar-refractivity contribution >= 4 is 18.3 Å². The number of carbonyl (C=O) groups is 1. The molecule has 20 heavy (non-hydrogen) atoms. The number of benzene rings is 1. The summed E-state index contributed by atoms with van der Waals surface area (Å²) in [5.41, 5.74) is 8.57. The minimum absolute atomic E-state index is 0. The van der Waals surface area contributed by atoms with Crippen LogP contribution in [0.5, 0.6) is 0 Å². The molecule has 1 unspecified atom stereocenters. The van der Waals surface area contributed by atoms with E-state index in [4.69, 9.17) is 5.73 Å². The molecule has 1 aromatic rings. The lowest BCUT2D eigenvalue weighted by atomic mass is 9.92. The van der Waals surface area contributed by atoms with Crippen LogP contribution in [0.25, 0.3) is 0 Å². The van der Waals surface area contributed by atoms with Crippen LogP contribution in [0.15, 0.2) is 24.3 Å². The molecule has 1 aliphatic rings. The second kappa shape index (κ2) is 7.09. The highest BCUT2D eigenvalue weighted by molar-refractivity contribution is 5.85. The number of hydrogen-bond donors (Lipinski definition) is 2. The summed E-state index contributed by atoms with van der Waals surface area (Å²) < 4.78 is 0. The largest absolute Gasteiger partial charge is 0.355 e. The van der Waals surface area contributed by atoms with Gasteiger partial charge in [0.2, 0.25) is 5.91 Å². The Morgan fingerprint density at radius 1 is 1.40 bits per heavy atom. The van der Waals surface area contributed by atoms with Crippen molar-refractivity contribution < 1.29 is 4.79 Å². The standard InChI is InChI=1S/C16H24N2O.ClH/c1-12-5-3-4-6-14(12)16(9-10-16)11-18-15(19)8-7-13(2)17;/h3-6,13H,7-11,17H2,1-2H3,(H,18,19);1H. The number of aryl methyl sites for hydroxylation is 1. The van der Waals surface area contributed by atoms with Crippen LogP contribution in [0.1, 0.15) is 43.7 Å². The summed E-state index contributed by atoms with van der Waals surface area (Å²) in [6, 6.07) is 8.58. The Morgan fingerprint density at radius 3 is 2.60 bits per heavy atom. The van der Waals surface area contributed by atoms with Crippen molar-refractivity contribution in [3.63, 3.8) is 0 Å². The van der Waals surface area contributed by atoms with E-state index < -0.39 is 0 Å². The van der Waals surface area contributed by atoms with Crippen molar-refractivity contribution in [3.05, 3.63) is 35.4 Å². The SMILES string of the molecule is Cc1ccccc1C1(CNC(=O)CCC(C)N)CC1.Cl. The zero-order chi connectivity index (χ0) is 13.9. The number of nitrogens with two attached hydrogens (primary N) is 1. The van der Waals surface area contributed by atoms with Crippen molar-refractivity contribution in [2.75, 3.05) is 6.54 Å². The van der Waals surface area contributed by atoms with Crippen LogP contribution in [0, 0.1) is 6.92 Å². The van der Waals surface area contributed by atoms with Gasteiger partial charge in [-0.25, -0.2) is 0 Å². The minimum atomic E-state index is 0. The highest BCUT2D eigenvalue weighted by atomic mass is 35.5. The molecule has 1 atom stereocenters. The molecule has 4 heteroatoms. The van der Waals surface area contributed by atoms with Gasteiger partial charge in [-0.3, -0.25) is 4.79 Å². The number of amides is 1. The molecule has 1 aromatic carbocycles. The molecule has 2 rings (SSSR count). The summed E-state index contributed by atoms with van der Waals surface area (Å²) in [5, 5.41) is 3.07. The van der Waals surface area contributed by atoms with Crippen LogP contribution >= 0.6 is 12.4 Å². The van der Waals surface area contributed by atoms with Gasteiger partial charge < -0.3 is 11.1 Å². The number of carbonyl (C=O) groups excluding carboxylic acids is 1. The minimum Gasteiger partial charge on any atom is -0.355 e. The summed E-state index contributed by atoms with van der Waals surface area (Å²) in [6.07, 6.45) is 3.63. The van der Waals surface area contributed by atoms with Gasteiger partial charge in [0.25, 0.3) is 0 Å². The number of hydrogen-bond acceptors (Lipinski definition) is 2. The molecule has 0 aromatic heterocycles. The van der Waals surface area contributed by atoms with Crippen molar-refractivity contribution in [2.24, 2.45) is 5.73 Å². The maximum atomic E-state index is 11.8. The van der Waals surface area contributed by atoms with Crippen molar-refractivity contribution in [1.82, 2.24) is 5.32 Å². The highest BCUT2D eigenvalue weighted by Crippen LogP contribution is 2.48. The van der Waals surface area contributed by atoms with Crippen molar-refractivity contribution in [1.29, 1.82) is 0 Å². The Labute approximate surface area is 127 Å². The third kappa shape index (κ3) is 4.22. The first-order valence-corrected chi connectivity index (χ1v) is 7.12. The van der Waals surface area contributed by atoms with E-state index >= 15 is 0 Å². The molecular formula is C16H25ClN2O. The fraction of sp³-hybridized carbons (Fsp3) is 0.562. The van der Waals surface area contributed by atoms with E-state index in [0.717, 1.165) is 13.0 Å². The molecule has 3 N–H and O–H groups in total. The Bertz CT molecular complexity index is 456. The van der Waals surface area contributed by atoms with Gasteiger partial charge in [-0.2, -0.15) is 0 Å². The lowest BCUT2D eigenvalue weighted by Gasteiger charge is -2.19. The summed E-state index contributed by atoms with van der Waals surface area (Å²) in [5.74, 6) is 0.122. The Hall–Kier alpha value is -1.06. The molecule has 112 valence electrons. The molecule has 0 saturated heterocycles. The highest BCUT2D eigenvalue weighted by Gasteiger charge is 2.44. The lowest BCUT2D eigenvalue weighted by Crippen LogP contribution is -2.33. The molecule has 0 spiro atoms. The fourth-order valence-corrected chi connectivity index (χ4v) is 2.58. The second-order valence-electron chi connectivity index (χ2n) is 5.89. The average Bonchev–Trinajstić information content (AvgIpc) is 3.15. The predicted molar refractivity (Wildman–Crippen MR) is 85.2 cm³/mol. The van der Waals surface area contributed by atoms with E-state index in [9.17, 15) is 4.79 Å². The molecule has 0 heterocycles.